The van der Waals surface area contributed by atoms with Crippen LogP contribution in [0.15, 0.2) is 97.1 Å². The lowest BCUT2D eigenvalue weighted by Gasteiger charge is -2.11. The van der Waals surface area contributed by atoms with E-state index in [0.29, 0.717) is 22.4 Å². The van der Waals surface area contributed by atoms with Gasteiger partial charge in [0, 0.05) is 22.3 Å². The van der Waals surface area contributed by atoms with Gasteiger partial charge in [-0.25, -0.2) is 18.7 Å². The van der Waals surface area contributed by atoms with E-state index in [4.69, 9.17) is 9.97 Å². The Morgan fingerprint density at radius 3 is 1.62 bits per heavy atom. The van der Waals surface area contributed by atoms with Crippen molar-refractivity contribution in [1.29, 1.82) is 0 Å². The maximum atomic E-state index is 13.5. The van der Waals surface area contributed by atoms with Crippen LogP contribution in [0, 0.1) is 23.5 Å². The maximum Gasteiger partial charge on any atom is 0.123 e. The van der Waals surface area contributed by atoms with E-state index >= 15 is 0 Å². The normalized spacial score (nSPS) is 10.6. The molecule has 0 aliphatic heterocycles. The molecule has 0 radical (unpaired) electrons. The Kier molecular flexibility index (Phi) is 5.15. The zero-order chi connectivity index (χ0) is 21.9. The molecule has 0 fully saturated rings. The molecule has 4 aromatic carbocycles. The van der Waals surface area contributed by atoms with Gasteiger partial charge in [0.1, 0.15) is 11.6 Å². The molecule has 0 N–H and O–H groups in total. The lowest BCUT2D eigenvalue weighted by molar-refractivity contribution is 0.627. The van der Waals surface area contributed by atoms with E-state index in [-0.39, 0.29) is 11.6 Å². The molecule has 0 spiro atoms. The number of hydrogen-bond acceptors (Lipinski definition) is 2. The lowest BCUT2D eigenvalue weighted by Crippen LogP contribution is -1.96. The Hall–Kier alpha value is -4.36. The van der Waals surface area contributed by atoms with Gasteiger partial charge in [0.05, 0.1) is 22.4 Å². The summed E-state index contributed by atoms with van der Waals surface area (Å²) >= 11 is 0. The minimum Gasteiger partial charge on any atom is -0.244 e. The highest BCUT2D eigenvalue weighted by atomic mass is 19.1. The smallest absolute Gasteiger partial charge is 0.123 e. The van der Waals surface area contributed by atoms with E-state index in [1.165, 1.54) is 24.3 Å². The first-order chi connectivity index (χ1) is 15.7. The van der Waals surface area contributed by atoms with Gasteiger partial charge in [0.25, 0.3) is 0 Å². The minimum atomic E-state index is -0.329. The molecule has 152 valence electrons. The van der Waals surface area contributed by atoms with Crippen LogP contribution < -0.4 is 0 Å². The number of nitrogens with zero attached hydrogens (tertiary/aromatic N) is 2. The summed E-state index contributed by atoms with van der Waals surface area (Å²) in [6.07, 6.45) is 0. The first-order valence-corrected chi connectivity index (χ1v) is 10.1. The van der Waals surface area contributed by atoms with Crippen molar-refractivity contribution < 1.29 is 8.78 Å². The predicted molar refractivity (Wildman–Crippen MR) is 123 cm³/mol. The molecular weight excluding hydrogens is 402 g/mol. The summed E-state index contributed by atoms with van der Waals surface area (Å²) in [6.45, 7) is 0. The van der Waals surface area contributed by atoms with Crippen molar-refractivity contribution in [1.82, 2.24) is 9.97 Å². The second kappa shape index (κ2) is 8.41. The molecule has 2 nitrogen and oxygen atoms in total. The molecule has 0 bridgehead atoms. The highest BCUT2D eigenvalue weighted by Crippen LogP contribution is 2.31. The second-order valence-corrected chi connectivity index (χ2v) is 7.25. The summed E-state index contributed by atoms with van der Waals surface area (Å²) in [7, 11) is 0. The third kappa shape index (κ3) is 4.10. The predicted octanol–water partition coefficient (Wildman–Crippen LogP) is 6.64. The molecular formula is C28H16F2N2. The van der Waals surface area contributed by atoms with E-state index in [9.17, 15) is 8.78 Å². The highest BCUT2D eigenvalue weighted by Gasteiger charge is 2.14. The standard InChI is InChI=1S/C28H16F2N2/c29-23-13-9-21(10-14-23)27-28(22-11-15-24(30)16-12-22)32-26-18-20(8-17-25(26)31-27)7-6-19-4-2-1-3-5-19/h1-5,8-18H. The molecule has 32 heavy (non-hydrogen) atoms. The summed E-state index contributed by atoms with van der Waals surface area (Å²) in [5, 5.41) is 0. The molecule has 5 aromatic rings. The van der Waals surface area contributed by atoms with Gasteiger partial charge in [-0.1, -0.05) is 30.0 Å². The average Bonchev–Trinajstić information content (AvgIpc) is 2.83. The minimum absolute atomic E-state index is 0.326. The van der Waals surface area contributed by atoms with Crippen molar-refractivity contribution in [2.75, 3.05) is 0 Å². The van der Waals surface area contributed by atoms with Crippen molar-refractivity contribution in [3.8, 4) is 34.4 Å². The van der Waals surface area contributed by atoms with Crippen molar-refractivity contribution in [3.63, 3.8) is 0 Å². The van der Waals surface area contributed by atoms with Gasteiger partial charge in [-0.2, -0.15) is 0 Å². The fourth-order valence-corrected chi connectivity index (χ4v) is 3.42. The van der Waals surface area contributed by atoms with Gasteiger partial charge < -0.3 is 0 Å². The number of fused-ring (bicyclic) bond motifs is 1. The summed E-state index contributed by atoms with van der Waals surface area (Å²) < 4.78 is 27.0. The van der Waals surface area contributed by atoms with Gasteiger partial charge >= 0.3 is 0 Å². The summed E-state index contributed by atoms with van der Waals surface area (Å²) in [5.74, 6) is 5.65. The number of halogens is 2. The third-order valence-electron chi connectivity index (χ3n) is 5.02. The van der Waals surface area contributed by atoms with Crippen molar-refractivity contribution >= 4 is 11.0 Å². The quantitative estimate of drug-likeness (QED) is 0.300. The van der Waals surface area contributed by atoms with Crippen molar-refractivity contribution in [2.24, 2.45) is 0 Å². The Bertz CT molecular complexity index is 1460. The molecule has 5 rings (SSSR count). The Morgan fingerprint density at radius 1 is 0.500 bits per heavy atom. The van der Waals surface area contributed by atoms with Crippen molar-refractivity contribution in [3.05, 3.63) is 120 Å². The molecule has 0 amide bonds. The first-order valence-electron chi connectivity index (χ1n) is 10.1. The van der Waals surface area contributed by atoms with E-state index < -0.39 is 0 Å². The second-order valence-electron chi connectivity index (χ2n) is 7.25. The van der Waals surface area contributed by atoms with E-state index in [0.717, 1.165) is 22.3 Å². The SMILES string of the molecule is Fc1ccc(-c2nc3ccc(C#Cc4ccccc4)cc3nc2-c2ccc(F)cc2)cc1. The Morgan fingerprint density at radius 2 is 1.03 bits per heavy atom. The van der Waals surface area contributed by atoms with Crippen LogP contribution >= 0.6 is 0 Å². The monoisotopic (exact) mass is 418 g/mol. The Labute approximate surface area is 184 Å². The zero-order valence-corrected chi connectivity index (χ0v) is 16.9. The largest absolute Gasteiger partial charge is 0.244 e. The fourth-order valence-electron chi connectivity index (χ4n) is 3.42. The van der Waals surface area contributed by atoms with Crippen LogP contribution in [0.3, 0.4) is 0 Å². The van der Waals surface area contributed by atoms with Crippen LogP contribution in [0.5, 0.6) is 0 Å². The van der Waals surface area contributed by atoms with Crippen molar-refractivity contribution in [2.45, 2.75) is 0 Å². The van der Waals surface area contributed by atoms with Crippen LogP contribution in [0.1, 0.15) is 11.1 Å². The zero-order valence-electron chi connectivity index (χ0n) is 16.9. The molecule has 0 aliphatic rings. The molecule has 1 aromatic heterocycles. The number of benzene rings is 4. The van der Waals surface area contributed by atoms with Crippen LogP contribution in [0.25, 0.3) is 33.5 Å². The van der Waals surface area contributed by atoms with E-state index in [1.54, 1.807) is 24.3 Å². The highest BCUT2D eigenvalue weighted by molar-refractivity contribution is 5.86. The summed E-state index contributed by atoms with van der Waals surface area (Å²) in [6, 6.07) is 27.6. The number of aromatic nitrogens is 2. The van der Waals surface area contributed by atoms with Crippen LogP contribution in [-0.2, 0) is 0 Å². The van der Waals surface area contributed by atoms with Gasteiger partial charge in [-0.05, 0) is 78.9 Å². The van der Waals surface area contributed by atoms with Gasteiger partial charge in [-0.3, -0.25) is 0 Å². The maximum absolute atomic E-state index is 13.5. The van der Waals surface area contributed by atoms with Gasteiger partial charge in [-0.15, -0.1) is 0 Å². The molecule has 1 heterocycles. The third-order valence-corrected chi connectivity index (χ3v) is 5.02. The molecule has 0 atom stereocenters. The average molecular weight is 418 g/mol. The molecule has 0 saturated carbocycles. The van der Waals surface area contributed by atoms with Gasteiger partial charge in [0.15, 0.2) is 0 Å². The fraction of sp³-hybridized carbons (Fsp3) is 0. The molecule has 0 saturated heterocycles. The Balaban J connectivity index is 1.66. The lowest BCUT2D eigenvalue weighted by atomic mass is 10.0. The summed E-state index contributed by atoms with van der Waals surface area (Å²) in [5.41, 5.74) is 5.77. The van der Waals surface area contributed by atoms with E-state index in [2.05, 4.69) is 11.8 Å². The van der Waals surface area contributed by atoms with Crippen LogP contribution in [0.4, 0.5) is 8.78 Å². The molecule has 4 heteroatoms. The topological polar surface area (TPSA) is 25.8 Å². The van der Waals surface area contributed by atoms with Crippen LogP contribution in [0.2, 0.25) is 0 Å². The molecule has 0 unspecified atom stereocenters. The van der Waals surface area contributed by atoms with E-state index in [1.807, 2.05) is 48.5 Å². The number of hydrogen-bond donors (Lipinski definition) is 0. The number of rotatable bonds is 2. The van der Waals surface area contributed by atoms with Crippen LogP contribution in [-0.4, -0.2) is 9.97 Å². The first kappa shape index (κ1) is 19.6. The molecule has 0 aliphatic carbocycles. The summed E-state index contributed by atoms with van der Waals surface area (Å²) in [4.78, 5) is 9.65. The van der Waals surface area contributed by atoms with Gasteiger partial charge in [0.2, 0.25) is 0 Å².